The molecule has 1 aromatic heterocycles. The molecule has 76 valence electrons. The Balaban J connectivity index is 2.32. The standard InChI is InChI=1S/C13H14N2/c1-10(14)11-5-7-12(8-6-11)13-4-2-3-9-15-13/h2-10H,14H2,1H3/t10-/m1/s1. The average Bonchev–Trinajstić information content (AvgIpc) is 2.30. The van der Waals surface area contributed by atoms with E-state index in [1.165, 1.54) is 0 Å². The van der Waals surface area contributed by atoms with E-state index in [2.05, 4.69) is 29.2 Å². The molecule has 0 unspecified atom stereocenters. The predicted octanol–water partition coefficient (Wildman–Crippen LogP) is 2.77. The summed E-state index contributed by atoms with van der Waals surface area (Å²) in [6, 6.07) is 14.2. The molecule has 0 fully saturated rings. The van der Waals surface area contributed by atoms with Gasteiger partial charge >= 0.3 is 0 Å². The van der Waals surface area contributed by atoms with Crippen LogP contribution in [0.1, 0.15) is 18.5 Å². The lowest BCUT2D eigenvalue weighted by atomic mass is 10.0. The molecule has 2 heteroatoms. The molecule has 15 heavy (non-hydrogen) atoms. The second-order valence-corrected chi connectivity index (χ2v) is 3.63. The maximum Gasteiger partial charge on any atom is 0.0701 e. The summed E-state index contributed by atoms with van der Waals surface area (Å²) in [7, 11) is 0. The van der Waals surface area contributed by atoms with Crippen LogP contribution in [0.15, 0.2) is 48.7 Å². The summed E-state index contributed by atoms with van der Waals surface area (Å²) in [4.78, 5) is 4.29. The number of nitrogens with two attached hydrogens (primary N) is 1. The first-order chi connectivity index (χ1) is 7.27. The van der Waals surface area contributed by atoms with Gasteiger partial charge in [-0.05, 0) is 24.6 Å². The van der Waals surface area contributed by atoms with Crippen LogP contribution < -0.4 is 5.73 Å². The number of pyridine rings is 1. The maximum absolute atomic E-state index is 5.79. The maximum atomic E-state index is 5.79. The summed E-state index contributed by atoms with van der Waals surface area (Å²) in [5.74, 6) is 0. The van der Waals surface area contributed by atoms with Gasteiger partial charge in [-0.2, -0.15) is 0 Å². The van der Waals surface area contributed by atoms with Crippen LogP contribution >= 0.6 is 0 Å². The summed E-state index contributed by atoms with van der Waals surface area (Å²) in [5, 5.41) is 0. The first-order valence-electron chi connectivity index (χ1n) is 5.04. The third-order valence-corrected chi connectivity index (χ3v) is 2.40. The molecule has 0 aliphatic rings. The molecule has 0 saturated heterocycles. The highest BCUT2D eigenvalue weighted by atomic mass is 14.7. The lowest BCUT2D eigenvalue weighted by Crippen LogP contribution is -2.04. The van der Waals surface area contributed by atoms with Crippen LogP contribution in [-0.2, 0) is 0 Å². The molecule has 0 aliphatic heterocycles. The molecule has 0 bridgehead atoms. The second-order valence-electron chi connectivity index (χ2n) is 3.63. The van der Waals surface area contributed by atoms with Gasteiger partial charge in [0.25, 0.3) is 0 Å². The van der Waals surface area contributed by atoms with Crippen LogP contribution in [0.2, 0.25) is 0 Å². The summed E-state index contributed by atoms with van der Waals surface area (Å²) in [6.45, 7) is 1.98. The fourth-order valence-corrected chi connectivity index (χ4v) is 1.49. The number of aromatic nitrogens is 1. The first kappa shape index (κ1) is 9.87. The molecule has 0 radical (unpaired) electrons. The van der Waals surface area contributed by atoms with Gasteiger partial charge in [0.1, 0.15) is 0 Å². The van der Waals surface area contributed by atoms with Gasteiger partial charge in [-0.3, -0.25) is 4.98 Å². The summed E-state index contributed by atoms with van der Waals surface area (Å²) in [5.41, 5.74) is 9.05. The van der Waals surface area contributed by atoms with E-state index >= 15 is 0 Å². The highest BCUT2D eigenvalue weighted by Crippen LogP contribution is 2.18. The minimum Gasteiger partial charge on any atom is -0.324 e. The minimum atomic E-state index is 0.0859. The molecule has 2 nitrogen and oxygen atoms in total. The van der Waals surface area contributed by atoms with Gasteiger partial charge < -0.3 is 5.73 Å². The van der Waals surface area contributed by atoms with Gasteiger partial charge in [0.05, 0.1) is 5.69 Å². The SMILES string of the molecule is C[C@@H](N)c1ccc(-c2ccccn2)cc1. The van der Waals surface area contributed by atoms with Crippen LogP contribution in [0.3, 0.4) is 0 Å². The van der Waals surface area contributed by atoms with Gasteiger partial charge in [-0.15, -0.1) is 0 Å². The Morgan fingerprint density at radius 2 is 1.80 bits per heavy atom. The van der Waals surface area contributed by atoms with Crippen LogP contribution in [-0.4, -0.2) is 4.98 Å². The lowest BCUT2D eigenvalue weighted by molar-refractivity contribution is 0.818. The molecule has 0 aliphatic carbocycles. The van der Waals surface area contributed by atoms with Gasteiger partial charge in [0.2, 0.25) is 0 Å². The molecule has 2 N–H and O–H groups in total. The Morgan fingerprint density at radius 3 is 2.33 bits per heavy atom. The van der Waals surface area contributed by atoms with Gasteiger partial charge in [0, 0.05) is 17.8 Å². The van der Waals surface area contributed by atoms with Crippen molar-refractivity contribution in [2.24, 2.45) is 5.73 Å². The van der Waals surface area contributed by atoms with Crippen molar-refractivity contribution < 1.29 is 0 Å². The zero-order valence-electron chi connectivity index (χ0n) is 8.72. The molecule has 0 amide bonds. The topological polar surface area (TPSA) is 38.9 Å². The van der Waals surface area contributed by atoms with Crippen LogP contribution in [0.5, 0.6) is 0 Å². The third-order valence-electron chi connectivity index (χ3n) is 2.40. The number of hydrogen-bond acceptors (Lipinski definition) is 2. The second kappa shape index (κ2) is 4.24. The molecule has 1 aromatic carbocycles. The average molecular weight is 198 g/mol. The monoisotopic (exact) mass is 198 g/mol. The summed E-state index contributed by atoms with van der Waals surface area (Å²) >= 11 is 0. The van der Waals surface area contributed by atoms with E-state index in [4.69, 9.17) is 5.73 Å². The van der Waals surface area contributed by atoms with Crippen molar-refractivity contribution in [2.75, 3.05) is 0 Å². The van der Waals surface area contributed by atoms with E-state index < -0.39 is 0 Å². The number of nitrogens with zero attached hydrogens (tertiary/aromatic N) is 1. The highest BCUT2D eigenvalue weighted by molar-refractivity contribution is 5.59. The van der Waals surface area contributed by atoms with Crippen molar-refractivity contribution >= 4 is 0 Å². The van der Waals surface area contributed by atoms with E-state index in [1.807, 2.05) is 25.1 Å². The van der Waals surface area contributed by atoms with Crippen molar-refractivity contribution in [2.45, 2.75) is 13.0 Å². The Morgan fingerprint density at radius 1 is 1.07 bits per heavy atom. The Kier molecular flexibility index (Phi) is 2.79. The summed E-state index contributed by atoms with van der Waals surface area (Å²) in [6.07, 6.45) is 1.80. The van der Waals surface area contributed by atoms with E-state index in [0.29, 0.717) is 0 Å². The van der Waals surface area contributed by atoms with Crippen molar-refractivity contribution in [1.29, 1.82) is 0 Å². The zero-order valence-corrected chi connectivity index (χ0v) is 8.72. The lowest BCUT2D eigenvalue weighted by Gasteiger charge is -2.06. The molecule has 2 rings (SSSR count). The van der Waals surface area contributed by atoms with Gasteiger partial charge in [-0.1, -0.05) is 30.3 Å². The predicted molar refractivity (Wildman–Crippen MR) is 62.3 cm³/mol. The van der Waals surface area contributed by atoms with Gasteiger partial charge in [0.15, 0.2) is 0 Å². The van der Waals surface area contributed by atoms with Crippen molar-refractivity contribution in [3.05, 3.63) is 54.2 Å². The zero-order chi connectivity index (χ0) is 10.7. The number of rotatable bonds is 2. The molecule has 0 spiro atoms. The highest BCUT2D eigenvalue weighted by Gasteiger charge is 2.00. The largest absolute Gasteiger partial charge is 0.324 e. The fourth-order valence-electron chi connectivity index (χ4n) is 1.49. The molecule has 0 saturated carbocycles. The fraction of sp³-hybridized carbons (Fsp3) is 0.154. The Labute approximate surface area is 89.8 Å². The van der Waals surface area contributed by atoms with Crippen LogP contribution in [0, 0.1) is 0 Å². The van der Waals surface area contributed by atoms with E-state index in [0.717, 1.165) is 16.8 Å². The smallest absolute Gasteiger partial charge is 0.0701 e. The Bertz CT molecular complexity index is 418. The molecular weight excluding hydrogens is 184 g/mol. The van der Waals surface area contributed by atoms with Crippen LogP contribution in [0.25, 0.3) is 11.3 Å². The van der Waals surface area contributed by atoms with E-state index in [-0.39, 0.29) is 6.04 Å². The van der Waals surface area contributed by atoms with Crippen molar-refractivity contribution in [3.63, 3.8) is 0 Å². The van der Waals surface area contributed by atoms with Crippen molar-refractivity contribution in [3.8, 4) is 11.3 Å². The third kappa shape index (κ3) is 2.22. The number of hydrogen-bond donors (Lipinski definition) is 1. The quantitative estimate of drug-likeness (QED) is 0.805. The van der Waals surface area contributed by atoms with Crippen LogP contribution in [0.4, 0.5) is 0 Å². The first-order valence-corrected chi connectivity index (χ1v) is 5.04. The molecule has 1 heterocycles. The Hall–Kier alpha value is -1.67. The van der Waals surface area contributed by atoms with Crippen molar-refractivity contribution in [1.82, 2.24) is 4.98 Å². The number of benzene rings is 1. The molecule has 1 atom stereocenters. The minimum absolute atomic E-state index is 0.0859. The van der Waals surface area contributed by atoms with Gasteiger partial charge in [-0.25, -0.2) is 0 Å². The molecular formula is C13H14N2. The molecule has 2 aromatic rings. The van der Waals surface area contributed by atoms with E-state index in [9.17, 15) is 0 Å². The normalized spacial score (nSPS) is 12.4. The summed E-state index contributed by atoms with van der Waals surface area (Å²) < 4.78 is 0. The van der Waals surface area contributed by atoms with E-state index in [1.54, 1.807) is 6.20 Å².